The number of benzene rings is 1. The van der Waals surface area contributed by atoms with Crippen LogP contribution in [0.15, 0.2) is 24.3 Å². The van der Waals surface area contributed by atoms with Crippen LogP contribution in [-0.2, 0) is 14.9 Å². The Hall–Kier alpha value is -1.35. The molecule has 0 aromatic heterocycles. The minimum Gasteiger partial charge on any atom is -0.491 e. The number of anilines is 1. The second-order valence-electron chi connectivity index (χ2n) is 4.63. The van der Waals surface area contributed by atoms with Crippen LogP contribution in [0.4, 0.5) is 5.69 Å². The van der Waals surface area contributed by atoms with Crippen LogP contribution in [-0.4, -0.2) is 59.2 Å². The highest BCUT2D eigenvalue weighted by Crippen LogP contribution is 2.19. The Kier molecular flexibility index (Phi) is 5.80. The molecule has 1 fully saturated rings. The van der Waals surface area contributed by atoms with Crippen molar-refractivity contribution in [3.05, 3.63) is 24.3 Å². The molecule has 1 aromatic rings. The minimum atomic E-state index is -3.52. The minimum absolute atomic E-state index is 0.421. The molecule has 0 amide bonds. The summed E-state index contributed by atoms with van der Waals surface area (Å²) < 4.78 is 38.9. The smallest absolute Gasteiger partial charge is 0.301 e. The highest BCUT2D eigenvalue weighted by atomic mass is 32.2. The van der Waals surface area contributed by atoms with Gasteiger partial charge in [-0.25, -0.2) is 0 Å². The predicted molar refractivity (Wildman–Crippen MR) is 80.8 cm³/mol. The molecule has 0 atom stereocenters. The Balaban J connectivity index is 1.99. The van der Waals surface area contributed by atoms with E-state index in [-0.39, 0.29) is 0 Å². The van der Waals surface area contributed by atoms with Gasteiger partial charge >= 0.3 is 10.2 Å². The Morgan fingerprint density at radius 3 is 2.76 bits per heavy atom. The van der Waals surface area contributed by atoms with Crippen LogP contribution in [0.2, 0.25) is 0 Å². The van der Waals surface area contributed by atoms with Gasteiger partial charge in [0.1, 0.15) is 12.4 Å². The molecule has 1 saturated heterocycles. The van der Waals surface area contributed by atoms with Gasteiger partial charge in [-0.3, -0.25) is 4.72 Å². The van der Waals surface area contributed by atoms with E-state index < -0.39 is 10.2 Å². The largest absolute Gasteiger partial charge is 0.491 e. The second kappa shape index (κ2) is 7.60. The van der Waals surface area contributed by atoms with Gasteiger partial charge in [0, 0.05) is 39.4 Å². The Morgan fingerprint density at radius 1 is 1.29 bits per heavy atom. The second-order valence-corrected chi connectivity index (χ2v) is 6.30. The number of piperazine rings is 1. The number of methoxy groups -OCH3 is 1. The van der Waals surface area contributed by atoms with Crippen molar-refractivity contribution in [2.24, 2.45) is 0 Å². The molecule has 1 aliphatic heterocycles. The van der Waals surface area contributed by atoms with Crippen molar-refractivity contribution in [1.29, 1.82) is 0 Å². The van der Waals surface area contributed by atoms with E-state index in [1.54, 1.807) is 31.4 Å². The molecule has 7 nitrogen and oxygen atoms in total. The average Bonchev–Trinajstić information content (AvgIpc) is 2.48. The van der Waals surface area contributed by atoms with Crippen LogP contribution in [0.5, 0.6) is 5.75 Å². The van der Waals surface area contributed by atoms with Gasteiger partial charge in [-0.1, -0.05) is 6.07 Å². The molecule has 8 heteroatoms. The molecule has 21 heavy (non-hydrogen) atoms. The van der Waals surface area contributed by atoms with E-state index in [2.05, 4.69) is 10.0 Å². The van der Waals surface area contributed by atoms with E-state index >= 15 is 0 Å². The maximum Gasteiger partial charge on any atom is 0.301 e. The molecule has 0 radical (unpaired) electrons. The molecule has 118 valence electrons. The van der Waals surface area contributed by atoms with Gasteiger partial charge in [-0.05, 0) is 12.1 Å². The van der Waals surface area contributed by atoms with Gasteiger partial charge in [0.05, 0.1) is 12.3 Å². The lowest BCUT2D eigenvalue weighted by molar-refractivity contribution is 0.146. The zero-order valence-corrected chi connectivity index (χ0v) is 12.9. The number of ether oxygens (including phenoxy) is 2. The van der Waals surface area contributed by atoms with E-state index in [1.807, 2.05) is 0 Å². The summed E-state index contributed by atoms with van der Waals surface area (Å²) in [5, 5.41) is 3.12. The lowest BCUT2D eigenvalue weighted by atomic mass is 10.3. The van der Waals surface area contributed by atoms with Crippen molar-refractivity contribution in [2.45, 2.75) is 0 Å². The van der Waals surface area contributed by atoms with Crippen LogP contribution in [0.1, 0.15) is 0 Å². The quantitative estimate of drug-likeness (QED) is 0.706. The van der Waals surface area contributed by atoms with Crippen LogP contribution in [0.25, 0.3) is 0 Å². The fraction of sp³-hybridized carbons (Fsp3) is 0.538. The van der Waals surface area contributed by atoms with Crippen LogP contribution in [0.3, 0.4) is 0 Å². The third kappa shape index (κ3) is 4.85. The van der Waals surface area contributed by atoms with Gasteiger partial charge in [-0.15, -0.1) is 0 Å². The Morgan fingerprint density at radius 2 is 2.05 bits per heavy atom. The molecule has 0 spiro atoms. The van der Waals surface area contributed by atoms with Crippen LogP contribution in [0, 0.1) is 0 Å². The fourth-order valence-corrected chi connectivity index (χ4v) is 3.21. The lowest BCUT2D eigenvalue weighted by Gasteiger charge is -2.26. The predicted octanol–water partition coefficient (Wildman–Crippen LogP) is 0.274. The molecule has 0 saturated carbocycles. The van der Waals surface area contributed by atoms with Gasteiger partial charge in [0.15, 0.2) is 0 Å². The standard InChI is InChI=1S/C13H21N3O4S/c1-19-9-10-20-13-4-2-3-12(11-13)15-21(17,18)16-7-5-14-6-8-16/h2-4,11,14-15H,5-10H2,1H3. The molecule has 0 aliphatic carbocycles. The summed E-state index contributed by atoms with van der Waals surface area (Å²) in [5.74, 6) is 0.604. The molecule has 1 aliphatic rings. The van der Waals surface area contributed by atoms with Crippen molar-refractivity contribution in [3.63, 3.8) is 0 Å². The first-order valence-corrected chi connectivity index (χ1v) is 8.26. The van der Waals surface area contributed by atoms with E-state index in [4.69, 9.17) is 9.47 Å². The van der Waals surface area contributed by atoms with Gasteiger partial charge in [0.25, 0.3) is 0 Å². The van der Waals surface area contributed by atoms with Crippen molar-refractivity contribution in [3.8, 4) is 5.75 Å². The van der Waals surface area contributed by atoms with E-state index in [0.717, 1.165) is 0 Å². The van der Waals surface area contributed by atoms with Crippen LogP contribution >= 0.6 is 0 Å². The van der Waals surface area contributed by atoms with E-state index in [0.29, 0.717) is 50.8 Å². The number of rotatable bonds is 7. The maximum absolute atomic E-state index is 12.3. The molecule has 2 N–H and O–H groups in total. The summed E-state index contributed by atoms with van der Waals surface area (Å²) in [7, 11) is -1.92. The summed E-state index contributed by atoms with van der Waals surface area (Å²) in [4.78, 5) is 0. The first kappa shape index (κ1) is 16.0. The summed E-state index contributed by atoms with van der Waals surface area (Å²) >= 11 is 0. The van der Waals surface area contributed by atoms with Crippen molar-refractivity contribution < 1.29 is 17.9 Å². The lowest BCUT2D eigenvalue weighted by Crippen LogP contribution is -2.48. The number of nitrogens with zero attached hydrogens (tertiary/aromatic N) is 1. The zero-order chi connectivity index (χ0) is 15.1. The first-order chi connectivity index (χ1) is 10.1. The number of hydrogen-bond acceptors (Lipinski definition) is 5. The van der Waals surface area contributed by atoms with Crippen molar-refractivity contribution in [2.75, 3.05) is 51.2 Å². The SMILES string of the molecule is COCCOc1cccc(NS(=O)(=O)N2CCNCC2)c1. The molecule has 1 heterocycles. The molecule has 0 bridgehead atoms. The van der Waals surface area contributed by atoms with Gasteiger partial charge in [-0.2, -0.15) is 12.7 Å². The maximum atomic E-state index is 12.3. The average molecular weight is 315 g/mol. The van der Waals surface area contributed by atoms with Crippen molar-refractivity contribution >= 4 is 15.9 Å². The van der Waals surface area contributed by atoms with E-state index in [1.165, 1.54) is 4.31 Å². The normalized spacial score (nSPS) is 16.6. The Bertz CT molecular complexity index is 544. The molecule has 1 aromatic carbocycles. The van der Waals surface area contributed by atoms with Gasteiger partial charge < -0.3 is 14.8 Å². The zero-order valence-electron chi connectivity index (χ0n) is 12.0. The summed E-state index contributed by atoms with van der Waals surface area (Å²) in [5.41, 5.74) is 0.489. The first-order valence-electron chi connectivity index (χ1n) is 6.82. The monoisotopic (exact) mass is 315 g/mol. The van der Waals surface area contributed by atoms with Crippen molar-refractivity contribution in [1.82, 2.24) is 9.62 Å². The highest BCUT2D eigenvalue weighted by molar-refractivity contribution is 7.90. The number of nitrogens with one attached hydrogen (secondary N) is 2. The molecule has 0 unspecified atom stereocenters. The van der Waals surface area contributed by atoms with E-state index in [9.17, 15) is 8.42 Å². The third-order valence-corrected chi connectivity index (χ3v) is 4.59. The summed E-state index contributed by atoms with van der Waals surface area (Å²) in [6.45, 7) is 3.18. The number of hydrogen-bond donors (Lipinski definition) is 2. The summed E-state index contributed by atoms with van der Waals surface area (Å²) in [6.07, 6.45) is 0. The molecule has 2 rings (SSSR count). The summed E-state index contributed by atoms with van der Waals surface area (Å²) in [6, 6.07) is 6.88. The molecular formula is C13H21N3O4S. The third-order valence-electron chi connectivity index (χ3n) is 3.05. The van der Waals surface area contributed by atoms with Crippen LogP contribution < -0.4 is 14.8 Å². The topological polar surface area (TPSA) is 79.9 Å². The molecular weight excluding hydrogens is 294 g/mol. The van der Waals surface area contributed by atoms with Gasteiger partial charge in [0.2, 0.25) is 0 Å². The highest BCUT2D eigenvalue weighted by Gasteiger charge is 2.23. The fourth-order valence-electron chi connectivity index (χ4n) is 1.99. The Labute approximate surface area is 125 Å².